The summed E-state index contributed by atoms with van der Waals surface area (Å²) in [7, 11) is -1.18. The van der Waals surface area contributed by atoms with Crippen molar-refractivity contribution >= 4 is 21.6 Å². The summed E-state index contributed by atoms with van der Waals surface area (Å²) < 4.78 is 24.9. The van der Waals surface area contributed by atoms with Gasteiger partial charge in [-0.2, -0.15) is 0 Å². The molecule has 0 aliphatic heterocycles. The van der Waals surface area contributed by atoms with Crippen LogP contribution in [0.5, 0.6) is 0 Å². The van der Waals surface area contributed by atoms with Gasteiger partial charge in [0.25, 0.3) is 0 Å². The number of rotatable bonds is 6. The molecule has 0 atom stereocenters. The van der Waals surface area contributed by atoms with Gasteiger partial charge in [0, 0.05) is 12.8 Å². The van der Waals surface area contributed by atoms with E-state index in [9.17, 15) is 8.42 Å². The first-order valence-corrected chi connectivity index (χ1v) is 8.04. The van der Waals surface area contributed by atoms with Gasteiger partial charge in [0.1, 0.15) is 0 Å². The van der Waals surface area contributed by atoms with Crippen molar-refractivity contribution in [1.29, 1.82) is 0 Å². The lowest BCUT2D eigenvalue weighted by atomic mass is 10.5. The van der Waals surface area contributed by atoms with E-state index < -0.39 is 9.84 Å². The lowest BCUT2D eigenvalue weighted by Gasteiger charge is -2.07. The van der Waals surface area contributed by atoms with Gasteiger partial charge in [0.05, 0.1) is 29.5 Å². The molecule has 98 valence electrons. The fraction of sp³-hybridized carbons (Fsp3) is 0.700. The van der Waals surface area contributed by atoms with Crippen LogP contribution >= 0.6 is 11.8 Å². The molecular formula is C10H18N2O3S2. The predicted molar refractivity (Wildman–Crippen MR) is 68.8 cm³/mol. The van der Waals surface area contributed by atoms with E-state index in [1.54, 1.807) is 31.7 Å². The number of hydrogen-bond acceptors (Lipinski definition) is 5. The maximum absolute atomic E-state index is 11.6. The van der Waals surface area contributed by atoms with Crippen molar-refractivity contribution in [2.75, 3.05) is 11.5 Å². The van der Waals surface area contributed by atoms with Crippen molar-refractivity contribution in [2.24, 2.45) is 7.05 Å². The van der Waals surface area contributed by atoms with Crippen LogP contribution in [0.2, 0.25) is 0 Å². The summed E-state index contributed by atoms with van der Waals surface area (Å²) in [5, 5.41) is 9.39. The first-order chi connectivity index (χ1) is 7.88. The summed E-state index contributed by atoms with van der Waals surface area (Å²) in [4.78, 5) is 4.12. The number of nitrogens with zero attached hydrogens (tertiary/aromatic N) is 2. The first-order valence-electron chi connectivity index (χ1n) is 5.34. The number of aliphatic hydroxyl groups is 1. The Morgan fingerprint density at radius 1 is 1.53 bits per heavy atom. The lowest BCUT2D eigenvalue weighted by Crippen LogP contribution is -2.19. The number of aromatic nitrogens is 2. The molecular weight excluding hydrogens is 260 g/mol. The van der Waals surface area contributed by atoms with Crippen molar-refractivity contribution in [3.05, 3.63) is 11.9 Å². The fourth-order valence-electron chi connectivity index (χ4n) is 1.19. The SMILES string of the molecule is CC(C)S(=O)(=O)CCSc1ncc(CO)n1C. The maximum Gasteiger partial charge on any atom is 0.167 e. The number of imidazole rings is 1. The molecule has 5 nitrogen and oxygen atoms in total. The molecule has 0 saturated heterocycles. The second-order valence-electron chi connectivity index (χ2n) is 4.01. The Kier molecular flexibility index (Phi) is 5.03. The molecule has 1 rings (SSSR count). The number of aliphatic hydroxyl groups excluding tert-OH is 1. The van der Waals surface area contributed by atoms with Gasteiger partial charge in [-0.1, -0.05) is 11.8 Å². The molecule has 0 amide bonds. The minimum Gasteiger partial charge on any atom is -0.390 e. The summed E-state index contributed by atoms with van der Waals surface area (Å²) >= 11 is 1.39. The normalized spacial score (nSPS) is 12.3. The van der Waals surface area contributed by atoms with E-state index in [1.165, 1.54) is 11.8 Å². The summed E-state index contributed by atoms with van der Waals surface area (Å²) in [5.41, 5.74) is 0.721. The number of hydrogen-bond donors (Lipinski definition) is 1. The molecule has 7 heteroatoms. The monoisotopic (exact) mass is 278 g/mol. The summed E-state index contributed by atoms with van der Waals surface area (Å²) in [5.74, 6) is 0.632. The van der Waals surface area contributed by atoms with E-state index in [2.05, 4.69) is 4.98 Å². The van der Waals surface area contributed by atoms with Crippen LogP contribution in [0.3, 0.4) is 0 Å². The first kappa shape index (κ1) is 14.5. The fourth-order valence-corrected chi connectivity index (χ4v) is 3.55. The van der Waals surface area contributed by atoms with Crippen LogP contribution in [0.15, 0.2) is 11.4 Å². The van der Waals surface area contributed by atoms with Crippen LogP contribution in [0.4, 0.5) is 0 Å². The molecule has 0 unspecified atom stereocenters. The molecule has 0 saturated carbocycles. The minimum absolute atomic E-state index is 0.0612. The molecule has 0 aliphatic carbocycles. The molecule has 0 radical (unpaired) electrons. The zero-order chi connectivity index (χ0) is 13.1. The van der Waals surface area contributed by atoms with Crippen LogP contribution in [0.1, 0.15) is 19.5 Å². The van der Waals surface area contributed by atoms with Crippen molar-refractivity contribution < 1.29 is 13.5 Å². The third-order valence-electron chi connectivity index (χ3n) is 2.52. The number of sulfone groups is 1. The zero-order valence-corrected chi connectivity index (χ0v) is 11.9. The highest BCUT2D eigenvalue weighted by molar-refractivity contribution is 8.00. The van der Waals surface area contributed by atoms with Crippen LogP contribution < -0.4 is 0 Å². The van der Waals surface area contributed by atoms with E-state index in [0.29, 0.717) is 5.75 Å². The lowest BCUT2D eigenvalue weighted by molar-refractivity contribution is 0.271. The van der Waals surface area contributed by atoms with E-state index in [4.69, 9.17) is 5.11 Å². The van der Waals surface area contributed by atoms with Gasteiger partial charge in [-0.25, -0.2) is 13.4 Å². The quantitative estimate of drug-likeness (QED) is 0.780. The Hall–Kier alpha value is -0.530. The van der Waals surface area contributed by atoms with Gasteiger partial charge in [0.2, 0.25) is 0 Å². The summed E-state index contributed by atoms with van der Waals surface area (Å²) in [6.45, 7) is 3.31. The Balaban J connectivity index is 2.55. The Morgan fingerprint density at radius 3 is 2.65 bits per heavy atom. The van der Waals surface area contributed by atoms with Crippen molar-refractivity contribution in [1.82, 2.24) is 9.55 Å². The van der Waals surface area contributed by atoms with Gasteiger partial charge < -0.3 is 9.67 Å². The second kappa shape index (κ2) is 5.88. The molecule has 1 aromatic rings. The van der Waals surface area contributed by atoms with Crippen molar-refractivity contribution in [2.45, 2.75) is 30.9 Å². The van der Waals surface area contributed by atoms with E-state index in [1.807, 2.05) is 0 Å². The van der Waals surface area contributed by atoms with Crippen LogP contribution in [-0.2, 0) is 23.5 Å². The number of thioether (sulfide) groups is 1. The topological polar surface area (TPSA) is 72.2 Å². The average Bonchev–Trinajstić information content (AvgIpc) is 2.59. The van der Waals surface area contributed by atoms with Crippen molar-refractivity contribution in [3.63, 3.8) is 0 Å². The highest BCUT2D eigenvalue weighted by Crippen LogP contribution is 2.18. The maximum atomic E-state index is 11.6. The van der Waals surface area contributed by atoms with Crippen LogP contribution in [0.25, 0.3) is 0 Å². The van der Waals surface area contributed by atoms with Gasteiger partial charge in [-0.15, -0.1) is 0 Å². The minimum atomic E-state index is -2.99. The predicted octanol–water partition coefficient (Wildman–Crippen LogP) is 0.828. The second-order valence-corrected chi connectivity index (χ2v) is 7.75. The summed E-state index contributed by atoms with van der Waals surface area (Å²) in [6.07, 6.45) is 1.60. The van der Waals surface area contributed by atoms with Crippen LogP contribution in [0, 0.1) is 0 Å². The van der Waals surface area contributed by atoms with Gasteiger partial charge in [-0.3, -0.25) is 0 Å². The van der Waals surface area contributed by atoms with Crippen molar-refractivity contribution in [3.8, 4) is 0 Å². The molecule has 0 spiro atoms. The van der Waals surface area contributed by atoms with Gasteiger partial charge >= 0.3 is 0 Å². The van der Waals surface area contributed by atoms with E-state index in [0.717, 1.165) is 10.9 Å². The smallest absolute Gasteiger partial charge is 0.167 e. The largest absolute Gasteiger partial charge is 0.390 e. The van der Waals surface area contributed by atoms with Gasteiger partial charge in [-0.05, 0) is 13.8 Å². The molecule has 1 N–H and O–H groups in total. The molecule has 0 aliphatic rings. The Bertz CT molecular complexity index is 466. The Morgan fingerprint density at radius 2 is 2.18 bits per heavy atom. The Labute approximate surface area is 106 Å². The third-order valence-corrected chi connectivity index (χ3v) is 6.03. The van der Waals surface area contributed by atoms with E-state index in [-0.39, 0.29) is 17.6 Å². The standard InChI is InChI=1S/C10H18N2O3S2/c1-8(2)17(14,15)5-4-16-10-11-6-9(7-13)12(10)3/h6,8,13H,4-5,7H2,1-3H3. The molecule has 0 fully saturated rings. The zero-order valence-electron chi connectivity index (χ0n) is 10.3. The highest BCUT2D eigenvalue weighted by atomic mass is 32.2. The molecule has 0 bridgehead atoms. The van der Waals surface area contributed by atoms with E-state index >= 15 is 0 Å². The van der Waals surface area contributed by atoms with Gasteiger partial charge in [0.15, 0.2) is 15.0 Å². The summed E-state index contributed by atoms with van der Waals surface area (Å²) in [6, 6.07) is 0. The molecule has 1 aromatic heterocycles. The third kappa shape index (κ3) is 3.72. The van der Waals surface area contributed by atoms with Crippen LogP contribution in [-0.4, -0.2) is 39.8 Å². The molecule has 0 aromatic carbocycles. The average molecular weight is 278 g/mol. The molecule has 1 heterocycles. The highest BCUT2D eigenvalue weighted by Gasteiger charge is 2.16. The molecule has 17 heavy (non-hydrogen) atoms.